The minimum Gasteiger partial charge on any atom is -0.347 e. The van der Waals surface area contributed by atoms with Crippen LogP contribution in [0.15, 0.2) is 12.3 Å². The average molecular weight is 222 g/mol. The summed E-state index contributed by atoms with van der Waals surface area (Å²) in [5.74, 6) is 1.37. The van der Waals surface area contributed by atoms with Crippen LogP contribution in [-0.4, -0.2) is 37.2 Å². The number of aromatic nitrogens is 2. The second kappa shape index (κ2) is 5.80. The van der Waals surface area contributed by atoms with E-state index in [1.54, 1.807) is 0 Å². The van der Waals surface area contributed by atoms with Crippen LogP contribution in [0.4, 0.5) is 5.95 Å². The molecule has 0 aromatic carbocycles. The quantitative estimate of drug-likeness (QED) is 0.816. The molecular formula is C12H22N4. The first-order valence-electron chi connectivity index (χ1n) is 5.71. The number of nitrogens with one attached hydrogen (secondary N) is 1. The highest BCUT2D eigenvalue weighted by molar-refractivity contribution is 5.27. The molecule has 0 aliphatic heterocycles. The van der Waals surface area contributed by atoms with Gasteiger partial charge in [0.1, 0.15) is 0 Å². The number of rotatable bonds is 5. The van der Waals surface area contributed by atoms with Gasteiger partial charge in [-0.2, -0.15) is 0 Å². The highest BCUT2D eigenvalue weighted by Crippen LogP contribution is 2.10. The SMILES string of the molecule is CNC(Cc1ccnc(N(C)C)n1)C(C)C. The summed E-state index contributed by atoms with van der Waals surface area (Å²) in [5.41, 5.74) is 1.09. The zero-order valence-corrected chi connectivity index (χ0v) is 10.9. The zero-order chi connectivity index (χ0) is 12.1. The van der Waals surface area contributed by atoms with Crippen molar-refractivity contribution in [3.05, 3.63) is 18.0 Å². The Morgan fingerprint density at radius 3 is 2.56 bits per heavy atom. The molecule has 1 aromatic heterocycles. The summed E-state index contributed by atoms with van der Waals surface area (Å²) in [6.07, 6.45) is 2.77. The second-order valence-corrected chi connectivity index (χ2v) is 4.59. The maximum atomic E-state index is 4.52. The Hall–Kier alpha value is -1.16. The van der Waals surface area contributed by atoms with E-state index in [-0.39, 0.29) is 0 Å². The zero-order valence-electron chi connectivity index (χ0n) is 10.9. The molecule has 1 heterocycles. The molecule has 1 atom stereocenters. The lowest BCUT2D eigenvalue weighted by Gasteiger charge is -2.20. The minimum absolute atomic E-state index is 0.463. The molecule has 0 spiro atoms. The van der Waals surface area contributed by atoms with Crippen LogP contribution >= 0.6 is 0 Å². The van der Waals surface area contributed by atoms with Gasteiger partial charge in [-0.1, -0.05) is 13.8 Å². The van der Waals surface area contributed by atoms with E-state index in [2.05, 4.69) is 29.1 Å². The van der Waals surface area contributed by atoms with Crippen LogP contribution in [0.1, 0.15) is 19.5 Å². The van der Waals surface area contributed by atoms with Crippen molar-refractivity contribution in [3.63, 3.8) is 0 Å². The third-order valence-corrected chi connectivity index (χ3v) is 2.71. The number of anilines is 1. The molecule has 1 unspecified atom stereocenters. The number of hydrogen-bond donors (Lipinski definition) is 1. The van der Waals surface area contributed by atoms with E-state index in [4.69, 9.17) is 0 Å². The number of nitrogens with zero attached hydrogens (tertiary/aromatic N) is 3. The summed E-state index contributed by atoms with van der Waals surface area (Å²) < 4.78 is 0. The van der Waals surface area contributed by atoms with Crippen molar-refractivity contribution in [2.24, 2.45) is 5.92 Å². The molecule has 0 saturated heterocycles. The van der Waals surface area contributed by atoms with E-state index in [0.717, 1.165) is 18.1 Å². The summed E-state index contributed by atoms with van der Waals surface area (Å²) in [6.45, 7) is 4.43. The molecule has 4 nitrogen and oxygen atoms in total. The molecule has 1 rings (SSSR count). The van der Waals surface area contributed by atoms with E-state index < -0.39 is 0 Å². The molecular weight excluding hydrogens is 200 g/mol. The average Bonchev–Trinajstić information content (AvgIpc) is 2.25. The smallest absolute Gasteiger partial charge is 0.224 e. The van der Waals surface area contributed by atoms with Gasteiger partial charge in [-0.25, -0.2) is 9.97 Å². The van der Waals surface area contributed by atoms with Gasteiger partial charge in [0.2, 0.25) is 5.95 Å². The maximum absolute atomic E-state index is 4.52. The summed E-state index contributed by atoms with van der Waals surface area (Å²) in [7, 11) is 5.91. The molecule has 0 radical (unpaired) electrons. The van der Waals surface area contributed by atoms with Crippen molar-refractivity contribution < 1.29 is 0 Å². The lowest BCUT2D eigenvalue weighted by atomic mass is 9.99. The molecule has 0 aliphatic rings. The first kappa shape index (κ1) is 12.9. The molecule has 0 fully saturated rings. The van der Waals surface area contributed by atoms with Crippen molar-refractivity contribution in [1.29, 1.82) is 0 Å². The van der Waals surface area contributed by atoms with Crippen LogP contribution in [0.2, 0.25) is 0 Å². The Bertz CT molecular complexity index is 323. The summed E-state index contributed by atoms with van der Waals surface area (Å²) in [4.78, 5) is 10.7. The molecule has 0 saturated carbocycles. The third-order valence-electron chi connectivity index (χ3n) is 2.71. The van der Waals surface area contributed by atoms with Gasteiger partial charge in [0.25, 0.3) is 0 Å². The van der Waals surface area contributed by atoms with Gasteiger partial charge >= 0.3 is 0 Å². The fourth-order valence-electron chi connectivity index (χ4n) is 1.61. The van der Waals surface area contributed by atoms with Crippen LogP contribution in [-0.2, 0) is 6.42 Å². The Labute approximate surface area is 98.1 Å². The van der Waals surface area contributed by atoms with Gasteiger partial charge in [-0.3, -0.25) is 0 Å². The fraction of sp³-hybridized carbons (Fsp3) is 0.667. The molecule has 1 N–H and O–H groups in total. The largest absolute Gasteiger partial charge is 0.347 e. The Balaban J connectivity index is 2.76. The van der Waals surface area contributed by atoms with Crippen LogP contribution in [0.3, 0.4) is 0 Å². The summed E-state index contributed by atoms with van der Waals surface area (Å²) in [6, 6.07) is 2.45. The Morgan fingerprint density at radius 1 is 1.38 bits per heavy atom. The summed E-state index contributed by atoms with van der Waals surface area (Å²) in [5, 5.41) is 3.32. The van der Waals surface area contributed by atoms with E-state index in [1.165, 1.54) is 0 Å². The first-order chi connectivity index (χ1) is 7.54. The highest BCUT2D eigenvalue weighted by atomic mass is 15.2. The molecule has 0 bridgehead atoms. The molecule has 0 aliphatic carbocycles. The number of hydrogen-bond acceptors (Lipinski definition) is 4. The lowest BCUT2D eigenvalue weighted by Crippen LogP contribution is -2.33. The van der Waals surface area contributed by atoms with Crippen molar-refractivity contribution in [1.82, 2.24) is 15.3 Å². The van der Waals surface area contributed by atoms with Gasteiger partial charge in [0, 0.05) is 38.4 Å². The van der Waals surface area contributed by atoms with Gasteiger partial charge in [-0.05, 0) is 19.0 Å². The second-order valence-electron chi connectivity index (χ2n) is 4.59. The molecule has 16 heavy (non-hydrogen) atoms. The van der Waals surface area contributed by atoms with Crippen LogP contribution in [0.5, 0.6) is 0 Å². The topological polar surface area (TPSA) is 41.1 Å². The van der Waals surface area contributed by atoms with Crippen LogP contribution < -0.4 is 10.2 Å². The van der Waals surface area contributed by atoms with Crippen LogP contribution in [0.25, 0.3) is 0 Å². The van der Waals surface area contributed by atoms with Gasteiger partial charge < -0.3 is 10.2 Å². The fourth-order valence-corrected chi connectivity index (χ4v) is 1.61. The predicted octanol–water partition coefficient (Wildman–Crippen LogP) is 1.33. The number of likely N-dealkylation sites (N-methyl/N-ethyl adjacent to an activating group) is 1. The minimum atomic E-state index is 0.463. The molecule has 0 amide bonds. The van der Waals surface area contributed by atoms with Crippen molar-refractivity contribution >= 4 is 5.95 Å². The predicted molar refractivity (Wildman–Crippen MR) is 67.7 cm³/mol. The monoisotopic (exact) mass is 222 g/mol. The Kier molecular flexibility index (Phi) is 4.68. The molecule has 4 heteroatoms. The first-order valence-corrected chi connectivity index (χ1v) is 5.71. The maximum Gasteiger partial charge on any atom is 0.224 e. The molecule has 90 valence electrons. The van der Waals surface area contributed by atoms with E-state index in [9.17, 15) is 0 Å². The van der Waals surface area contributed by atoms with Crippen molar-refractivity contribution in [2.45, 2.75) is 26.3 Å². The highest BCUT2D eigenvalue weighted by Gasteiger charge is 2.12. The van der Waals surface area contributed by atoms with Gasteiger partial charge in [0.05, 0.1) is 0 Å². The van der Waals surface area contributed by atoms with Gasteiger partial charge in [0.15, 0.2) is 0 Å². The Morgan fingerprint density at radius 2 is 2.06 bits per heavy atom. The third kappa shape index (κ3) is 3.45. The standard InChI is InChI=1S/C12H22N4/c1-9(2)11(13-3)8-10-6-7-14-12(15-10)16(4)5/h6-7,9,11,13H,8H2,1-5H3. The summed E-state index contributed by atoms with van der Waals surface area (Å²) >= 11 is 0. The van der Waals surface area contributed by atoms with E-state index >= 15 is 0 Å². The van der Waals surface area contributed by atoms with Crippen molar-refractivity contribution in [3.8, 4) is 0 Å². The van der Waals surface area contributed by atoms with E-state index in [0.29, 0.717) is 12.0 Å². The van der Waals surface area contributed by atoms with E-state index in [1.807, 2.05) is 38.3 Å². The lowest BCUT2D eigenvalue weighted by molar-refractivity contribution is 0.421. The van der Waals surface area contributed by atoms with Gasteiger partial charge in [-0.15, -0.1) is 0 Å². The molecule has 1 aromatic rings. The van der Waals surface area contributed by atoms with Crippen molar-refractivity contribution in [2.75, 3.05) is 26.0 Å². The van der Waals surface area contributed by atoms with Crippen LogP contribution in [0, 0.1) is 5.92 Å². The normalized spacial score (nSPS) is 12.9.